The first-order valence-corrected chi connectivity index (χ1v) is 17.0. The molecule has 2 amide bonds. The Bertz CT molecular complexity index is 1520. The van der Waals surface area contributed by atoms with Gasteiger partial charge < -0.3 is 10.2 Å². The topological polar surface area (TPSA) is 86.8 Å². The molecule has 0 bridgehead atoms. The monoisotopic (exact) mass is 645 g/mol. The van der Waals surface area contributed by atoms with Gasteiger partial charge in [0.05, 0.1) is 22.0 Å². The molecular formula is C33H41Cl2N3O4S. The molecule has 3 rings (SSSR count). The minimum absolute atomic E-state index is 0.0418. The second-order valence-corrected chi connectivity index (χ2v) is 13.7. The van der Waals surface area contributed by atoms with Gasteiger partial charge in [-0.1, -0.05) is 78.7 Å². The third-order valence-electron chi connectivity index (χ3n) is 7.39. The highest BCUT2D eigenvalue weighted by Gasteiger charge is 2.31. The molecule has 10 heteroatoms. The molecule has 232 valence electrons. The fourth-order valence-corrected chi connectivity index (χ4v) is 6.14. The van der Waals surface area contributed by atoms with Gasteiger partial charge in [-0.15, -0.1) is 0 Å². The summed E-state index contributed by atoms with van der Waals surface area (Å²) in [6.07, 6.45) is 2.53. The molecule has 43 heavy (non-hydrogen) atoms. The number of benzene rings is 3. The highest BCUT2D eigenvalue weighted by atomic mass is 35.5. The number of halogens is 2. The number of carbonyl (C=O) groups is 2. The number of hydrogen-bond acceptors (Lipinski definition) is 4. The van der Waals surface area contributed by atoms with Gasteiger partial charge in [0.25, 0.3) is 0 Å². The van der Waals surface area contributed by atoms with Crippen LogP contribution in [-0.2, 0) is 32.6 Å². The average Bonchev–Trinajstić information content (AvgIpc) is 2.96. The van der Waals surface area contributed by atoms with Crippen molar-refractivity contribution in [3.63, 3.8) is 0 Å². The molecule has 0 unspecified atom stereocenters. The van der Waals surface area contributed by atoms with E-state index in [0.29, 0.717) is 22.2 Å². The molecule has 0 spiro atoms. The van der Waals surface area contributed by atoms with Crippen LogP contribution in [0.4, 0.5) is 5.69 Å². The van der Waals surface area contributed by atoms with Crippen LogP contribution in [0.15, 0.2) is 66.7 Å². The van der Waals surface area contributed by atoms with Gasteiger partial charge in [-0.05, 0) is 74.1 Å². The molecule has 0 fully saturated rings. The first kappa shape index (κ1) is 34.4. The Balaban J connectivity index is 1.93. The molecule has 0 aliphatic rings. The summed E-state index contributed by atoms with van der Waals surface area (Å²) in [5.74, 6) is -0.513. The van der Waals surface area contributed by atoms with Crippen molar-refractivity contribution in [2.75, 3.05) is 17.1 Å². The van der Waals surface area contributed by atoms with Crippen molar-refractivity contribution in [3.05, 3.63) is 99.0 Å². The Morgan fingerprint density at radius 2 is 1.63 bits per heavy atom. The van der Waals surface area contributed by atoms with E-state index in [4.69, 9.17) is 23.2 Å². The van der Waals surface area contributed by atoms with Crippen molar-refractivity contribution in [1.29, 1.82) is 0 Å². The Morgan fingerprint density at radius 1 is 0.930 bits per heavy atom. The van der Waals surface area contributed by atoms with Crippen molar-refractivity contribution >= 4 is 50.7 Å². The number of sulfonamides is 1. The molecule has 0 saturated heterocycles. The minimum atomic E-state index is -3.60. The number of nitrogens with one attached hydrogen (secondary N) is 1. The van der Waals surface area contributed by atoms with E-state index in [9.17, 15) is 18.0 Å². The predicted octanol–water partition coefficient (Wildman–Crippen LogP) is 6.71. The Kier molecular flexibility index (Phi) is 12.5. The molecule has 0 aliphatic carbocycles. The standard InChI is InChI=1S/C33H41Cl2N3O4S/c1-6-25(4)36-33(40)31(21-26-11-8-7-9-12-26)37(22-27-16-17-28(34)29(35)20-27)32(39)13-10-18-38(43(5,41)42)30-19-23(2)14-15-24(30)3/h7-9,11-12,14-17,19-20,25,31H,6,10,13,18,21-22H2,1-5H3,(H,36,40)/t25-,31+/m0/s1. The van der Waals surface area contributed by atoms with Crippen LogP contribution in [0.2, 0.25) is 10.0 Å². The van der Waals surface area contributed by atoms with Crippen LogP contribution < -0.4 is 9.62 Å². The van der Waals surface area contributed by atoms with Gasteiger partial charge in [0, 0.05) is 32.0 Å². The number of anilines is 1. The average molecular weight is 647 g/mol. The molecular weight excluding hydrogens is 605 g/mol. The van der Waals surface area contributed by atoms with Gasteiger partial charge in [0.1, 0.15) is 6.04 Å². The summed E-state index contributed by atoms with van der Waals surface area (Å²) in [6, 6.07) is 19.5. The van der Waals surface area contributed by atoms with E-state index in [1.165, 1.54) is 10.6 Å². The fourth-order valence-electron chi connectivity index (χ4n) is 4.80. The summed E-state index contributed by atoms with van der Waals surface area (Å²) in [4.78, 5) is 29.3. The van der Waals surface area contributed by atoms with Crippen LogP contribution in [0.1, 0.15) is 55.4 Å². The molecule has 1 N–H and O–H groups in total. The summed E-state index contributed by atoms with van der Waals surface area (Å²) < 4.78 is 26.9. The fraction of sp³-hybridized carbons (Fsp3) is 0.394. The number of rotatable bonds is 14. The molecule has 0 saturated carbocycles. The lowest BCUT2D eigenvalue weighted by Gasteiger charge is -2.33. The van der Waals surface area contributed by atoms with Gasteiger partial charge in [-0.2, -0.15) is 0 Å². The van der Waals surface area contributed by atoms with Crippen LogP contribution in [0.25, 0.3) is 0 Å². The molecule has 3 aromatic carbocycles. The zero-order valence-corrected chi connectivity index (χ0v) is 27.8. The molecule has 2 atom stereocenters. The highest BCUT2D eigenvalue weighted by molar-refractivity contribution is 7.92. The number of hydrogen-bond donors (Lipinski definition) is 1. The third-order valence-corrected chi connectivity index (χ3v) is 9.31. The molecule has 3 aromatic rings. The van der Waals surface area contributed by atoms with Crippen molar-refractivity contribution < 1.29 is 18.0 Å². The zero-order chi connectivity index (χ0) is 31.7. The summed E-state index contributed by atoms with van der Waals surface area (Å²) in [5, 5.41) is 3.80. The number of aryl methyl sites for hydroxylation is 2. The number of amides is 2. The second-order valence-electron chi connectivity index (χ2n) is 11.0. The maximum Gasteiger partial charge on any atom is 0.243 e. The maximum absolute atomic E-state index is 14.0. The lowest BCUT2D eigenvalue weighted by molar-refractivity contribution is -0.141. The Labute approximate surface area is 266 Å². The van der Waals surface area contributed by atoms with Gasteiger partial charge in [0.2, 0.25) is 21.8 Å². The van der Waals surface area contributed by atoms with Crippen LogP contribution in [0.5, 0.6) is 0 Å². The third kappa shape index (κ3) is 9.98. The van der Waals surface area contributed by atoms with Crippen molar-refractivity contribution in [1.82, 2.24) is 10.2 Å². The largest absolute Gasteiger partial charge is 0.352 e. The van der Waals surface area contributed by atoms with Crippen molar-refractivity contribution in [2.45, 2.75) is 72.0 Å². The molecule has 0 aromatic heterocycles. The molecule has 7 nitrogen and oxygen atoms in total. The summed E-state index contributed by atoms with van der Waals surface area (Å²) in [7, 11) is -3.60. The molecule has 0 aliphatic heterocycles. The number of nitrogens with zero attached hydrogens (tertiary/aromatic N) is 2. The van der Waals surface area contributed by atoms with Gasteiger partial charge >= 0.3 is 0 Å². The molecule has 0 heterocycles. The highest BCUT2D eigenvalue weighted by Crippen LogP contribution is 2.26. The first-order valence-electron chi connectivity index (χ1n) is 14.4. The van der Waals surface area contributed by atoms with Gasteiger partial charge in [-0.25, -0.2) is 8.42 Å². The van der Waals surface area contributed by atoms with Crippen LogP contribution in [0.3, 0.4) is 0 Å². The first-order chi connectivity index (χ1) is 20.3. The van der Waals surface area contributed by atoms with E-state index in [2.05, 4.69) is 5.32 Å². The van der Waals surface area contributed by atoms with E-state index in [0.717, 1.165) is 28.7 Å². The Hall–Kier alpha value is -3.07. The van der Waals surface area contributed by atoms with E-state index < -0.39 is 16.1 Å². The Morgan fingerprint density at radius 3 is 2.26 bits per heavy atom. The zero-order valence-electron chi connectivity index (χ0n) is 25.4. The van der Waals surface area contributed by atoms with Crippen molar-refractivity contribution in [2.24, 2.45) is 0 Å². The van der Waals surface area contributed by atoms with Gasteiger partial charge in [-0.3, -0.25) is 13.9 Å². The van der Waals surface area contributed by atoms with Crippen molar-refractivity contribution in [3.8, 4) is 0 Å². The minimum Gasteiger partial charge on any atom is -0.352 e. The summed E-state index contributed by atoms with van der Waals surface area (Å²) in [5.41, 5.74) is 4.00. The predicted molar refractivity (Wildman–Crippen MR) is 176 cm³/mol. The quantitative estimate of drug-likeness (QED) is 0.211. The summed E-state index contributed by atoms with van der Waals surface area (Å²) >= 11 is 12.5. The second kappa shape index (κ2) is 15.6. The van der Waals surface area contributed by atoms with Crippen LogP contribution in [0, 0.1) is 13.8 Å². The number of carbonyl (C=O) groups excluding carboxylic acids is 2. The van der Waals surface area contributed by atoms with Crippen LogP contribution in [-0.4, -0.2) is 50.0 Å². The van der Waals surface area contributed by atoms with Gasteiger partial charge in [0.15, 0.2) is 0 Å². The smallest absolute Gasteiger partial charge is 0.243 e. The molecule has 0 radical (unpaired) electrons. The van der Waals surface area contributed by atoms with E-state index in [1.807, 2.05) is 76.2 Å². The normalized spacial score (nSPS) is 12.8. The maximum atomic E-state index is 14.0. The van der Waals surface area contributed by atoms with Crippen LogP contribution >= 0.6 is 23.2 Å². The van der Waals surface area contributed by atoms with E-state index in [-0.39, 0.29) is 43.8 Å². The summed E-state index contributed by atoms with van der Waals surface area (Å²) in [6.45, 7) is 7.94. The van der Waals surface area contributed by atoms with E-state index >= 15 is 0 Å². The lowest BCUT2D eigenvalue weighted by atomic mass is 10.0. The van der Waals surface area contributed by atoms with E-state index in [1.54, 1.807) is 23.1 Å². The SMILES string of the molecule is CC[C@H](C)NC(=O)[C@@H](Cc1ccccc1)N(Cc1ccc(Cl)c(Cl)c1)C(=O)CCCN(c1cc(C)ccc1C)S(C)(=O)=O. The lowest BCUT2D eigenvalue weighted by Crippen LogP contribution is -2.52.